The van der Waals surface area contributed by atoms with E-state index in [0.29, 0.717) is 0 Å². The predicted octanol–water partition coefficient (Wildman–Crippen LogP) is 17.7. The van der Waals surface area contributed by atoms with E-state index in [1.165, 1.54) is 118 Å². The van der Waals surface area contributed by atoms with Gasteiger partial charge >= 0.3 is 0 Å². The minimum atomic E-state index is -0.142. The quantitative estimate of drug-likeness (QED) is 0.162. The Hall–Kier alpha value is -6.92. The molecular formula is C66H57BN2S2. The Morgan fingerprint density at radius 3 is 1.34 bits per heavy atom. The first kappa shape index (κ1) is 44.1. The third kappa shape index (κ3) is 7.02. The van der Waals surface area contributed by atoms with Gasteiger partial charge in [-0.25, -0.2) is 0 Å². The lowest BCUT2D eigenvalue weighted by Crippen LogP contribution is -2.61. The highest BCUT2D eigenvalue weighted by Gasteiger charge is 2.45. The van der Waals surface area contributed by atoms with Gasteiger partial charge in [0, 0.05) is 74.5 Å². The van der Waals surface area contributed by atoms with Gasteiger partial charge in [0.15, 0.2) is 0 Å². The number of hydrogen-bond acceptors (Lipinski definition) is 4. The van der Waals surface area contributed by atoms with Crippen LogP contribution < -0.4 is 26.2 Å². The second-order valence-electron chi connectivity index (χ2n) is 23.0. The van der Waals surface area contributed by atoms with Gasteiger partial charge in [-0.15, -0.1) is 22.7 Å². The molecule has 0 saturated carbocycles. The SMILES string of the molecule is CC(C)(C)c1ccc2c(c1)B1c3ccc(C(C)(C)C)cc3N(c3cccc(-c4cccc5sc6ccccc6c45)c3)c3cc(C(C)(C)C)cc(c31)N2c1cccc(-c2cccc3sc4ccccc4c23)c1. The molecule has 0 spiro atoms. The van der Waals surface area contributed by atoms with Crippen LogP contribution in [-0.2, 0) is 16.2 Å². The molecule has 2 nitrogen and oxygen atoms in total. The fraction of sp³-hybridized carbons (Fsp3) is 0.182. The lowest BCUT2D eigenvalue weighted by molar-refractivity contribution is 0.589. The van der Waals surface area contributed by atoms with Gasteiger partial charge in [-0.2, -0.15) is 0 Å². The first-order valence-corrected chi connectivity index (χ1v) is 26.8. The van der Waals surface area contributed by atoms with E-state index < -0.39 is 0 Å². The Morgan fingerprint density at radius 1 is 0.352 bits per heavy atom. The van der Waals surface area contributed by atoms with Crippen molar-refractivity contribution in [3.8, 4) is 22.3 Å². The zero-order chi connectivity index (χ0) is 48.7. The molecule has 0 saturated heterocycles. The molecule has 5 heteroatoms. The molecule has 346 valence electrons. The van der Waals surface area contributed by atoms with Crippen LogP contribution in [0.3, 0.4) is 0 Å². The summed E-state index contributed by atoms with van der Waals surface area (Å²) < 4.78 is 5.29. The van der Waals surface area contributed by atoms with Gasteiger partial charge in [0.1, 0.15) is 0 Å². The van der Waals surface area contributed by atoms with E-state index in [0.717, 1.165) is 11.4 Å². The summed E-state index contributed by atoms with van der Waals surface area (Å²) in [7, 11) is 0. The molecule has 0 radical (unpaired) electrons. The van der Waals surface area contributed by atoms with E-state index in [1.807, 2.05) is 22.7 Å². The van der Waals surface area contributed by atoms with Crippen molar-refractivity contribution >= 4 is 120 Å². The zero-order valence-corrected chi connectivity index (χ0v) is 43.7. The summed E-state index contributed by atoms with van der Waals surface area (Å²) >= 11 is 3.77. The highest BCUT2D eigenvalue weighted by atomic mass is 32.1. The van der Waals surface area contributed by atoms with Crippen molar-refractivity contribution in [2.45, 2.75) is 78.6 Å². The average molecular weight is 953 g/mol. The maximum Gasteiger partial charge on any atom is 0.252 e. The van der Waals surface area contributed by atoms with Gasteiger partial charge in [0.2, 0.25) is 0 Å². The Kier molecular flexibility index (Phi) is 9.80. The molecular weight excluding hydrogens is 896 g/mol. The second kappa shape index (κ2) is 15.8. The van der Waals surface area contributed by atoms with Crippen LogP contribution in [0.4, 0.5) is 34.1 Å². The standard InChI is InChI=1S/C66H57BN2S2/c1-64(2,3)42-31-33-53-52(36-42)67-51-32-30-43(65(4,5)6)37-54(51)69(46-21-15-19-41(35-46)48-25-17-29-60-62(48)50-23-11-13-27-58(50)71-60)56-39-44(66(7,8)9)38-55(63(56)67)68(53)45-20-14-18-40(34-45)47-24-16-28-59-61(47)49-22-10-12-26-57(49)70-59/h10-39H,1-9H3. The summed E-state index contributed by atoms with van der Waals surface area (Å²) in [5, 5.41) is 5.30. The van der Waals surface area contributed by atoms with Crippen LogP contribution >= 0.6 is 22.7 Å². The molecule has 9 aromatic carbocycles. The van der Waals surface area contributed by atoms with Crippen LogP contribution in [0.5, 0.6) is 0 Å². The molecule has 2 aromatic heterocycles. The number of benzene rings is 9. The van der Waals surface area contributed by atoms with E-state index >= 15 is 0 Å². The molecule has 2 aliphatic heterocycles. The molecule has 0 atom stereocenters. The van der Waals surface area contributed by atoms with E-state index in [2.05, 4.69) is 254 Å². The maximum absolute atomic E-state index is 2.63. The molecule has 0 amide bonds. The average Bonchev–Trinajstić information content (AvgIpc) is 3.94. The number of rotatable bonds is 4. The van der Waals surface area contributed by atoms with E-state index in [1.54, 1.807) is 0 Å². The summed E-state index contributed by atoms with van der Waals surface area (Å²) in [6, 6.07) is 69.9. The Bertz CT molecular complexity index is 3980. The highest BCUT2D eigenvalue weighted by molar-refractivity contribution is 7.26. The van der Waals surface area contributed by atoms with Crippen LogP contribution in [0.1, 0.15) is 79.0 Å². The van der Waals surface area contributed by atoms with Crippen LogP contribution in [0.25, 0.3) is 62.6 Å². The summed E-state index contributed by atoms with van der Waals surface area (Å²) in [4.78, 5) is 5.23. The van der Waals surface area contributed by atoms with Crippen molar-refractivity contribution in [1.29, 1.82) is 0 Å². The third-order valence-corrected chi connectivity index (χ3v) is 17.6. The number of anilines is 6. The van der Waals surface area contributed by atoms with Crippen LogP contribution in [-0.4, -0.2) is 6.71 Å². The highest BCUT2D eigenvalue weighted by Crippen LogP contribution is 2.49. The Balaban J connectivity index is 1.09. The molecule has 0 aliphatic carbocycles. The topological polar surface area (TPSA) is 6.48 Å². The van der Waals surface area contributed by atoms with E-state index in [9.17, 15) is 0 Å². The normalized spacial score (nSPS) is 13.6. The maximum atomic E-state index is 2.63. The molecule has 0 fully saturated rings. The van der Waals surface area contributed by atoms with Crippen molar-refractivity contribution in [2.24, 2.45) is 0 Å². The fourth-order valence-corrected chi connectivity index (χ4v) is 13.8. The Morgan fingerprint density at radius 2 is 0.803 bits per heavy atom. The second-order valence-corrected chi connectivity index (χ2v) is 25.2. The minimum Gasteiger partial charge on any atom is -0.311 e. The molecule has 0 unspecified atom stereocenters. The lowest BCUT2D eigenvalue weighted by Gasteiger charge is -2.45. The summed E-state index contributed by atoms with van der Waals surface area (Å²) in [5.74, 6) is 0. The van der Waals surface area contributed by atoms with E-state index in [4.69, 9.17) is 0 Å². The van der Waals surface area contributed by atoms with Gasteiger partial charge in [0.05, 0.1) is 0 Å². The van der Waals surface area contributed by atoms with Crippen molar-refractivity contribution in [2.75, 3.05) is 9.80 Å². The molecule has 13 rings (SSSR count). The molecule has 0 N–H and O–H groups in total. The van der Waals surface area contributed by atoms with Crippen molar-refractivity contribution in [1.82, 2.24) is 0 Å². The van der Waals surface area contributed by atoms with Crippen LogP contribution in [0.15, 0.2) is 182 Å². The first-order valence-electron chi connectivity index (χ1n) is 25.2. The summed E-state index contributed by atoms with van der Waals surface area (Å²) in [5.41, 5.74) is 20.1. The number of thiophene rings is 2. The van der Waals surface area contributed by atoms with Gasteiger partial charge in [-0.05, 0) is 144 Å². The monoisotopic (exact) mass is 952 g/mol. The molecule has 11 aromatic rings. The number of nitrogens with zero attached hydrogens (tertiary/aromatic N) is 2. The molecule has 71 heavy (non-hydrogen) atoms. The van der Waals surface area contributed by atoms with Crippen molar-refractivity contribution < 1.29 is 0 Å². The van der Waals surface area contributed by atoms with Crippen molar-refractivity contribution in [3.05, 3.63) is 199 Å². The lowest BCUT2D eigenvalue weighted by atomic mass is 9.33. The van der Waals surface area contributed by atoms with Gasteiger partial charge in [-0.3, -0.25) is 0 Å². The van der Waals surface area contributed by atoms with E-state index in [-0.39, 0.29) is 23.0 Å². The zero-order valence-electron chi connectivity index (χ0n) is 42.1. The van der Waals surface area contributed by atoms with Gasteiger partial charge in [0.25, 0.3) is 6.71 Å². The largest absolute Gasteiger partial charge is 0.311 e. The van der Waals surface area contributed by atoms with Crippen LogP contribution in [0.2, 0.25) is 0 Å². The van der Waals surface area contributed by atoms with Crippen LogP contribution in [0, 0.1) is 0 Å². The Labute approximate surface area is 426 Å². The van der Waals surface area contributed by atoms with Crippen molar-refractivity contribution in [3.63, 3.8) is 0 Å². The summed E-state index contributed by atoms with van der Waals surface area (Å²) in [6.45, 7) is 21.2. The molecule has 4 heterocycles. The summed E-state index contributed by atoms with van der Waals surface area (Å²) in [6.07, 6.45) is 0. The molecule has 0 bridgehead atoms. The first-order chi connectivity index (χ1) is 34.1. The minimum absolute atomic E-state index is 0.00559. The van der Waals surface area contributed by atoms with Gasteiger partial charge < -0.3 is 9.80 Å². The number of hydrogen-bond donors (Lipinski definition) is 0. The third-order valence-electron chi connectivity index (χ3n) is 15.3. The number of fused-ring (bicyclic) bond motifs is 10. The predicted molar refractivity (Wildman–Crippen MR) is 313 cm³/mol. The molecule has 2 aliphatic rings. The fourth-order valence-electron chi connectivity index (χ4n) is 11.6. The smallest absolute Gasteiger partial charge is 0.252 e. The van der Waals surface area contributed by atoms with Gasteiger partial charge in [-0.1, -0.05) is 172 Å².